The molecule has 0 aromatic heterocycles. The van der Waals surface area contributed by atoms with E-state index in [1.54, 1.807) is 0 Å². The van der Waals surface area contributed by atoms with E-state index in [-0.39, 0.29) is 5.54 Å². The van der Waals surface area contributed by atoms with Crippen LogP contribution in [0.2, 0.25) is 0 Å². The van der Waals surface area contributed by atoms with Gasteiger partial charge in [-0.2, -0.15) is 0 Å². The summed E-state index contributed by atoms with van der Waals surface area (Å²) in [6, 6.07) is 0. The van der Waals surface area contributed by atoms with E-state index in [1.807, 2.05) is 7.11 Å². The SMILES string of the molecule is COCC(C)(C)N1CCCNC2(CCCC2)C1. The van der Waals surface area contributed by atoms with Crippen LogP contribution in [0.1, 0.15) is 46.0 Å². The number of methoxy groups -OCH3 is 1. The fourth-order valence-electron chi connectivity index (χ4n) is 3.47. The van der Waals surface area contributed by atoms with Gasteiger partial charge in [-0.25, -0.2) is 0 Å². The second-order valence-electron chi connectivity index (χ2n) is 6.43. The first-order valence-electron chi connectivity index (χ1n) is 7.07. The monoisotopic (exact) mass is 240 g/mol. The first-order valence-corrected chi connectivity index (χ1v) is 7.07. The second kappa shape index (κ2) is 5.25. The summed E-state index contributed by atoms with van der Waals surface area (Å²) >= 11 is 0. The first-order chi connectivity index (χ1) is 8.08. The van der Waals surface area contributed by atoms with E-state index >= 15 is 0 Å². The predicted molar refractivity (Wildman–Crippen MR) is 71.3 cm³/mol. The van der Waals surface area contributed by atoms with Gasteiger partial charge in [-0.3, -0.25) is 4.90 Å². The molecule has 0 aromatic carbocycles. The smallest absolute Gasteiger partial charge is 0.0641 e. The van der Waals surface area contributed by atoms with Crippen LogP contribution in [0.3, 0.4) is 0 Å². The predicted octanol–water partition coefficient (Wildman–Crippen LogP) is 2.02. The number of nitrogens with one attached hydrogen (secondary N) is 1. The normalized spacial score (nSPS) is 26.3. The van der Waals surface area contributed by atoms with Crippen LogP contribution in [0.15, 0.2) is 0 Å². The Morgan fingerprint density at radius 2 is 1.94 bits per heavy atom. The minimum absolute atomic E-state index is 0.163. The van der Waals surface area contributed by atoms with Gasteiger partial charge >= 0.3 is 0 Å². The van der Waals surface area contributed by atoms with Crippen molar-refractivity contribution in [3.05, 3.63) is 0 Å². The molecule has 3 heteroatoms. The van der Waals surface area contributed by atoms with Crippen molar-refractivity contribution in [1.82, 2.24) is 10.2 Å². The largest absolute Gasteiger partial charge is 0.383 e. The van der Waals surface area contributed by atoms with Crippen molar-refractivity contribution in [2.75, 3.05) is 33.4 Å². The highest BCUT2D eigenvalue weighted by molar-refractivity contribution is 4.99. The maximum atomic E-state index is 5.39. The van der Waals surface area contributed by atoms with Gasteiger partial charge in [-0.15, -0.1) is 0 Å². The molecule has 1 spiro atoms. The minimum Gasteiger partial charge on any atom is -0.383 e. The number of ether oxygens (including phenoxy) is 1. The summed E-state index contributed by atoms with van der Waals surface area (Å²) in [4.78, 5) is 2.64. The fraction of sp³-hybridized carbons (Fsp3) is 1.00. The van der Waals surface area contributed by atoms with E-state index in [0.717, 1.165) is 6.61 Å². The van der Waals surface area contributed by atoms with E-state index in [1.165, 1.54) is 51.7 Å². The Bertz CT molecular complexity index is 247. The fourth-order valence-corrected chi connectivity index (χ4v) is 3.47. The molecule has 1 saturated carbocycles. The van der Waals surface area contributed by atoms with Gasteiger partial charge in [0.2, 0.25) is 0 Å². The van der Waals surface area contributed by atoms with Crippen LogP contribution < -0.4 is 5.32 Å². The van der Waals surface area contributed by atoms with Gasteiger partial charge in [-0.05, 0) is 39.7 Å². The Balaban J connectivity index is 2.06. The lowest BCUT2D eigenvalue weighted by Gasteiger charge is -2.42. The van der Waals surface area contributed by atoms with Crippen LogP contribution >= 0.6 is 0 Å². The van der Waals surface area contributed by atoms with E-state index in [0.29, 0.717) is 5.54 Å². The number of nitrogens with zero attached hydrogens (tertiary/aromatic N) is 1. The van der Waals surface area contributed by atoms with Crippen molar-refractivity contribution in [2.45, 2.75) is 57.0 Å². The Hall–Kier alpha value is -0.120. The van der Waals surface area contributed by atoms with Crippen molar-refractivity contribution in [2.24, 2.45) is 0 Å². The molecule has 1 aliphatic heterocycles. The number of rotatable bonds is 3. The molecular weight excluding hydrogens is 212 g/mol. The van der Waals surface area contributed by atoms with Crippen LogP contribution in [0.5, 0.6) is 0 Å². The molecule has 0 aromatic rings. The summed E-state index contributed by atoms with van der Waals surface area (Å²) in [6.07, 6.45) is 6.76. The van der Waals surface area contributed by atoms with Gasteiger partial charge in [0.1, 0.15) is 0 Å². The molecule has 2 rings (SSSR count). The maximum absolute atomic E-state index is 5.39. The van der Waals surface area contributed by atoms with E-state index in [2.05, 4.69) is 24.1 Å². The summed E-state index contributed by atoms with van der Waals surface area (Å²) < 4.78 is 5.39. The number of hydrogen-bond donors (Lipinski definition) is 1. The Labute approximate surface area is 106 Å². The molecular formula is C14H28N2O. The van der Waals surface area contributed by atoms with Gasteiger partial charge in [0.15, 0.2) is 0 Å². The van der Waals surface area contributed by atoms with Crippen LogP contribution in [0.4, 0.5) is 0 Å². The Kier molecular flexibility index (Phi) is 4.11. The Morgan fingerprint density at radius 3 is 2.59 bits per heavy atom. The molecule has 0 unspecified atom stereocenters. The third-order valence-electron chi connectivity index (χ3n) is 4.51. The molecule has 1 heterocycles. The third-order valence-corrected chi connectivity index (χ3v) is 4.51. The average molecular weight is 240 g/mol. The molecule has 100 valence electrons. The molecule has 2 aliphatic rings. The van der Waals surface area contributed by atoms with Gasteiger partial charge < -0.3 is 10.1 Å². The zero-order chi connectivity index (χ0) is 12.4. The Morgan fingerprint density at radius 1 is 1.24 bits per heavy atom. The molecule has 0 radical (unpaired) electrons. The third kappa shape index (κ3) is 3.01. The van der Waals surface area contributed by atoms with Crippen molar-refractivity contribution in [3.63, 3.8) is 0 Å². The topological polar surface area (TPSA) is 24.5 Å². The summed E-state index contributed by atoms with van der Waals surface area (Å²) in [6.45, 7) is 9.02. The summed E-state index contributed by atoms with van der Waals surface area (Å²) in [5.74, 6) is 0. The molecule has 0 atom stereocenters. The van der Waals surface area contributed by atoms with E-state index < -0.39 is 0 Å². The highest BCUT2D eigenvalue weighted by Gasteiger charge is 2.40. The highest BCUT2D eigenvalue weighted by Crippen LogP contribution is 2.33. The van der Waals surface area contributed by atoms with Crippen LogP contribution in [-0.2, 0) is 4.74 Å². The lowest BCUT2D eigenvalue weighted by Crippen LogP contribution is -2.56. The molecule has 1 saturated heterocycles. The molecule has 0 amide bonds. The van der Waals surface area contributed by atoms with E-state index in [9.17, 15) is 0 Å². The van der Waals surface area contributed by atoms with Crippen molar-refractivity contribution < 1.29 is 4.74 Å². The van der Waals surface area contributed by atoms with Crippen molar-refractivity contribution in [1.29, 1.82) is 0 Å². The lowest BCUT2D eigenvalue weighted by atomic mass is 9.94. The van der Waals surface area contributed by atoms with Gasteiger partial charge in [0, 0.05) is 31.3 Å². The zero-order valence-electron chi connectivity index (χ0n) is 11.7. The first kappa shape index (κ1) is 13.3. The summed E-state index contributed by atoms with van der Waals surface area (Å²) in [5.41, 5.74) is 0.567. The van der Waals surface area contributed by atoms with E-state index in [4.69, 9.17) is 4.74 Å². The molecule has 17 heavy (non-hydrogen) atoms. The van der Waals surface area contributed by atoms with Crippen LogP contribution in [0.25, 0.3) is 0 Å². The average Bonchev–Trinajstić information content (AvgIpc) is 2.59. The van der Waals surface area contributed by atoms with Gasteiger partial charge in [-0.1, -0.05) is 12.8 Å². The van der Waals surface area contributed by atoms with Crippen LogP contribution in [-0.4, -0.2) is 49.3 Å². The standard InChI is InChI=1S/C14H28N2O/c1-13(2,12-17-3)16-10-6-9-15-14(11-16)7-4-5-8-14/h15H,4-12H2,1-3H3. The number of hydrogen-bond acceptors (Lipinski definition) is 3. The lowest BCUT2D eigenvalue weighted by molar-refractivity contribution is 0.0228. The summed E-state index contributed by atoms with van der Waals surface area (Å²) in [5, 5.41) is 3.82. The molecule has 2 fully saturated rings. The van der Waals surface area contributed by atoms with Crippen LogP contribution in [0, 0.1) is 0 Å². The quantitative estimate of drug-likeness (QED) is 0.817. The van der Waals surface area contributed by atoms with Gasteiger partial charge in [0.25, 0.3) is 0 Å². The molecule has 1 N–H and O–H groups in total. The van der Waals surface area contributed by atoms with Crippen molar-refractivity contribution >= 4 is 0 Å². The second-order valence-corrected chi connectivity index (χ2v) is 6.43. The van der Waals surface area contributed by atoms with Gasteiger partial charge in [0.05, 0.1) is 6.61 Å². The summed E-state index contributed by atoms with van der Waals surface area (Å²) in [7, 11) is 1.81. The molecule has 3 nitrogen and oxygen atoms in total. The minimum atomic E-state index is 0.163. The highest BCUT2D eigenvalue weighted by atomic mass is 16.5. The maximum Gasteiger partial charge on any atom is 0.0641 e. The molecule has 0 bridgehead atoms. The van der Waals surface area contributed by atoms with Crippen molar-refractivity contribution in [3.8, 4) is 0 Å². The molecule has 1 aliphatic carbocycles. The zero-order valence-corrected chi connectivity index (χ0v) is 11.7.